The number of benzene rings is 7. The Labute approximate surface area is 406 Å². The molecule has 4 nitrogen and oxygen atoms in total. The lowest BCUT2D eigenvalue weighted by Gasteiger charge is -2.36. The molecule has 3 atom stereocenters. The number of rotatable bonds is 10. The van der Waals surface area contributed by atoms with Crippen LogP contribution in [-0.4, -0.2) is 23.9 Å². The third-order valence-corrected chi connectivity index (χ3v) is 14.8. The van der Waals surface area contributed by atoms with E-state index in [9.17, 15) is 0 Å². The Balaban J connectivity index is 0.937. The minimum atomic E-state index is 0.0444. The number of fused-ring (bicyclic) bond motifs is 8. The lowest BCUT2D eigenvalue weighted by Crippen LogP contribution is -2.34. The molecule has 1 aliphatic heterocycles. The van der Waals surface area contributed by atoms with E-state index in [4.69, 9.17) is 4.99 Å². The van der Waals surface area contributed by atoms with Crippen LogP contribution in [0.4, 0.5) is 11.4 Å². The van der Waals surface area contributed by atoms with Gasteiger partial charge in [-0.25, -0.2) is 0 Å². The molecule has 2 heterocycles. The van der Waals surface area contributed by atoms with Crippen LogP contribution in [0, 0.1) is 0 Å². The molecule has 0 amide bonds. The summed E-state index contributed by atoms with van der Waals surface area (Å²) in [5, 5.41) is 5.91. The van der Waals surface area contributed by atoms with Crippen molar-refractivity contribution in [1.29, 1.82) is 0 Å². The largest absolute Gasteiger partial charge is 0.333 e. The van der Waals surface area contributed by atoms with E-state index < -0.39 is 0 Å². The molecule has 69 heavy (non-hydrogen) atoms. The van der Waals surface area contributed by atoms with Crippen LogP contribution < -0.4 is 10.2 Å². The Morgan fingerprint density at radius 1 is 0.623 bits per heavy atom. The van der Waals surface area contributed by atoms with Crippen LogP contribution in [0.3, 0.4) is 0 Å². The number of likely N-dealkylation sites (N-methyl/N-ethyl adjacent to an activating group) is 1. The van der Waals surface area contributed by atoms with Crippen molar-refractivity contribution in [2.24, 2.45) is 4.99 Å². The zero-order chi connectivity index (χ0) is 46.1. The van der Waals surface area contributed by atoms with Gasteiger partial charge in [0, 0.05) is 40.2 Å². The van der Waals surface area contributed by atoms with E-state index in [1.54, 1.807) is 5.56 Å². The fourth-order valence-electron chi connectivity index (χ4n) is 11.6. The highest BCUT2D eigenvalue weighted by Crippen LogP contribution is 2.53. The maximum atomic E-state index is 5.26. The first kappa shape index (κ1) is 42.6. The molecule has 1 aromatic heterocycles. The zero-order valence-corrected chi connectivity index (χ0v) is 39.2. The fourth-order valence-corrected chi connectivity index (χ4v) is 11.6. The Bertz CT molecular complexity index is 3380. The number of para-hydroxylation sites is 2. The van der Waals surface area contributed by atoms with Gasteiger partial charge in [0.2, 0.25) is 0 Å². The number of nitrogens with zero attached hydrogens (tertiary/aromatic N) is 3. The van der Waals surface area contributed by atoms with Crippen LogP contribution in [-0.2, 0) is 12.8 Å². The number of aliphatic imine (C=N–C) groups is 1. The summed E-state index contributed by atoms with van der Waals surface area (Å²) >= 11 is 0. The number of aromatic nitrogens is 1. The minimum absolute atomic E-state index is 0.0444. The molecule has 0 saturated carbocycles. The lowest BCUT2D eigenvalue weighted by molar-refractivity contribution is 0.646. The number of nitrogens with one attached hydrogen (secondary N) is 1. The van der Waals surface area contributed by atoms with Crippen LogP contribution in [0.5, 0.6) is 0 Å². The number of hydrogen-bond donors (Lipinski definition) is 1. The minimum Gasteiger partial charge on any atom is -0.333 e. The van der Waals surface area contributed by atoms with Gasteiger partial charge in [-0.2, -0.15) is 0 Å². The summed E-state index contributed by atoms with van der Waals surface area (Å²) in [6, 6.07) is 62.5. The predicted octanol–water partition coefficient (Wildman–Crippen LogP) is 15.8. The summed E-state index contributed by atoms with van der Waals surface area (Å²) in [5.41, 5.74) is 20.3. The first-order chi connectivity index (χ1) is 34.2. The predicted molar refractivity (Wildman–Crippen MR) is 290 cm³/mol. The molecular weight excluding hydrogens is 837 g/mol. The zero-order valence-electron chi connectivity index (χ0n) is 39.2. The molecule has 336 valence electrons. The monoisotopic (exact) mass is 892 g/mol. The Morgan fingerprint density at radius 3 is 2.12 bits per heavy atom. The van der Waals surface area contributed by atoms with Crippen LogP contribution in [0.15, 0.2) is 235 Å². The van der Waals surface area contributed by atoms with Gasteiger partial charge in [-0.05, 0) is 126 Å². The van der Waals surface area contributed by atoms with E-state index in [0.29, 0.717) is 0 Å². The van der Waals surface area contributed by atoms with Crippen molar-refractivity contribution in [3.05, 3.63) is 258 Å². The summed E-state index contributed by atoms with van der Waals surface area (Å²) in [6.45, 7) is 0. The molecule has 0 fully saturated rings. The first-order valence-electron chi connectivity index (χ1n) is 24.8. The topological polar surface area (TPSA) is 32.6 Å². The molecule has 4 heteroatoms. The van der Waals surface area contributed by atoms with Gasteiger partial charge < -0.3 is 14.8 Å². The Kier molecular flexibility index (Phi) is 11.5. The molecule has 0 spiro atoms. The van der Waals surface area contributed by atoms with Gasteiger partial charge in [0.05, 0.1) is 34.8 Å². The summed E-state index contributed by atoms with van der Waals surface area (Å²) in [7, 11) is 2.02. The van der Waals surface area contributed by atoms with Crippen molar-refractivity contribution >= 4 is 28.4 Å². The molecule has 0 bridgehead atoms. The molecule has 8 aromatic rings. The summed E-state index contributed by atoms with van der Waals surface area (Å²) in [5.74, 6) is 0.177. The lowest BCUT2D eigenvalue weighted by atomic mass is 9.82. The molecule has 0 radical (unpaired) electrons. The van der Waals surface area contributed by atoms with Crippen molar-refractivity contribution in [3.8, 4) is 39.2 Å². The fraction of sp³-hybridized carbons (Fsp3) is 0.154. The van der Waals surface area contributed by atoms with Gasteiger partial charge in [-0.1, -0.05) is 188 Å². The summed E-state index contributed by atoms with van der Waals surface area (Å²) in [4.78, 5) is 7.87. The SMILES string of the molecule is CNC(/C=C(\N=C\c1ccc(-c2ccc(N3c4ccccc4-c4c(c5c(n4-c4ccccc4-c4ccccc4)CCCC5)C4C=CC=CC43)cc2)c2ccccc12)C1=CC=CCC1)c1ccccc1. The van der Waals surface area contributed by atoms with E-state index in [2.05, 4.69) is 239 Å². The van der Waals surface area contributed by atoms with E-state index in [0.717, 1.165) is 36.9 Å². The molecule has 1 N–H and O–H groups in total. The standard InChI is InChI=1S/C65H56N4/c1-66-58(47-23-7-3-8-24-47)43-59(48-25-9-4-10-26-48)67-44-49-39-42-52(54-29-12-11-27-51(49)54)46-37-40-50(41-38-46)68-61-34-18-14-30-55(61)64-56-31-15-19-35-62(56)69(65(64)57-32-16-20-36-63(57)68)60-33-17-13-28-53(60)45-21-5-2-6-22-45/h2-9,11-14,16-18,20-25,27-30,32-34,36-44,55,58,61,66H,10,15,19,26,31,35H2,1H3/b59-43-,67-44+. The van der Waals surface area contributed by atoms with Gasteiger partial charge in [0.25, 0.3) is 0 Å². The number of hydrogen-bond acceptors (Lipinski definition) is 3. The maximum absolute atomic E-state index is 5.26. The average molecular weight is 893 g/mol. The van der Waals surface area contributed by atoms with Gasteiger partial charge in [-0.3, -0.25) is 4.99 Å². The average Bonchev–Trinajstić information content (AvgIpc) is 3.70. The molecule has 0 saturated heterocycles. The second kappa shape index (κ2) is 18.7. The van der Waals surface area contributed by atoms with Crippen molar-refractivity contribution in [1.82, 2.24) is 9.88 Å². The van der Waals surface area contributed by atoms with Crippen LogP contribution in [0.1, 0.15) is 65.6 Å². The molecular formula is C65H56N4. The Morgan fingerprint density at radius 2 is 1.32 bits per heavy atom. The Hall–Kier alpha value is -7.79. The molecule has 7 aromatic carbocycles. The number of allylic oxidation sites excluding steroid dienone is 6. The van der Waals surface area contributed by atoms with E-state index in [1.165, 1.54) is 96.6 Å². The van der Waals surface area contributed by atoms with Crippen molar-refractivity contribution in [2.45, 2.75) is 56.5 Å². The smallest absolute Gasteiger partial charge is 0.0641 e. The van der Waals surface area contributed by atoms with Crippen molar-refractivity contribution in [3.63, 3.8) is 0 Å². The van der Waals surface area contributed by atoms with E-state index in [-0.39, 0.29) is 18.0 Å². The highest BCUT2D eigenvalue weighted by molar-refractivity contribution is 6.06. The molecule has 4 aliphatic rings. The van der Waals surface area contributed by atoms with Gasteiger partial charge in [-0.15, -0.1) is 0 Å². The van der Waals surface area contributed by atoms with Crippen molar-refractivity contribution < 1.29 is 0 Å². The van der Waals surface area contributed by atoms with Crippen LogP contribution >= 0.6 is 0 Å². The normalized spacial score (nSPS) is 17.8. The van der Waals surface area contributed by atoms with Gasteiger partial charge in [0.1, 0.15) is 0 Å². The van der Waals surface area contributed by atoms with E-state index in [1.807, 2.05) is 7.05 Å². The van der Waals surface area contributed by atoms with Crippen LogP contribution in [0.25, 0.3) is 50.0 Å². The molecule has 3 unspecified atom stereocenters. The quantitative estimate of drug-likeness (QED) is 0.139. The third kappa shape index (κ3) is 7.85. The second-order valence-corrected chi connectivity index (χ2v) is 18.7. The van der Waals surface area contributed by atoms with Gasteiger partial charge in [0.15, 0.2) is 0 Å². The van der Waals surface area contributed by atoms with Crippen molar-refractivity contribution in [2.75, 3.05) is 11.9 Å². The first-order valence-corrected chi connectivity index (χ1v) is 24.8. The van der Waals surface area contributed by atoms with Crippen LogP contribution in [0.2, 0.25) is 0 Å². The third-order valence-electron chi connectivity index (χ3n) is 14.8. The number of anilines is 2. The van der Waals surface area contributed by atoms with E-state index >= 15 is 0 Å². The molecule has 3 aliphatic carbocycles. The highest BCUT2D eigenvalue weighted by Gasteiger charge is 2.40. The maximum Gasteiger partial charge on any atom is 0.0641 e. The summed E-state index contributed by atoms with van der Waals surface area (Å²) < 4.78 is 2.67. The second-order valence-electron chi connectivity index (χ2n) is 18.7. The highest BCUT2D eigenvalue weighted by atomic mass is 15.2. The van der Waals surface area contributed by atoms with Gasteiger partial charge >= 0.3 is 0 Å². The molecule has 12 rings (SSSR count). The summed E-state index contributed by atoms with van der Waals surface area (Å²) in [6.07, 6.45) is 27.0.